The Morgan fingerprint density at radius 3 is 1.21 bits per heavy atom. The number of aromatic amines is 2. The molecule has 0 unspecified atom stereocenters. The SMILES string of the molecule is [CH2-]Oc1ccc(O)c(Nc2nc3nc(n2)oc2ccc(O[CH2-])cc2[nH]c2nc(Nc4cc(O[CH2-])ccc4O)nc(n2)oc2ccc(O[CH2-])cc2[nH]3)c1.[Rf].[Rf].[Rf].[Rf]. The summed E-state index contributed by atoms with van der Waals surface area (Å²) in [6, 6.07) is 18.4. The summed E-state index contributed by atoms with van der Waals surface area (Å²) in [5.41, 5.74) is 1.38. The number of fused-ring (bicyclic) bond motifs is 6. The fraction of sp³-hybridized carbons (Fsp3) is 0. The number of phenols is 2. The summed E-state index contributed by atoms with van der Waals surface area (Å²) < 4.78 is 32.9. The molecule has 3 heterocycles. The third kappa shape index (κ3) is 7.86. The Hall–Kier alpha value is -11.5. The van der Waals surface area contributed by atoms with Gasteiger partial charge in [-0.25, -0.2) is 0 Å². The summed E-state index contributed by atoms with van der Waals surface area (Å²) in [5.74, 6) is 0.749. The second-order valence-corrected chi connectivity index (χ2v) is 10.5. The first-order valence-corrected chi connectivity index (χ1v) is 14.9. The molecule has 18 nitrogen and oxygen atoms in total. The zero-order valence-electron chi connectivity index (χ0n) is 29.6. The van der Waals surface area contributed by atoms with E-state index in [1.807, 2.05) is 0 Å². The summed E-state index contributed by atoms with van der Waals surface area (Å²) in [5, 5.41) is 26.9. The van der Waals surface area contributed by atoms with Crippen molar-refractivity contribution in [3.05, 3.63) is 101 Å². The van der Waals surface area contributed by atoms with Crippen molar-refractivity contribution in [3.63, 3.8) is 0 Å². The topological polar surface area (TPSA) is 237 Å². The minimum Gasteiger partial charge on any atom is -0.665 e. The zero-order valence-corrected chi connectivity index (χ0v) is 55.2. The number of hydrogen-bond acceptors (Lipinski definition) is 16. The molecule has 0 spiro atoms. The average Bonchev–Trinajstić information content (AvgIpc) is 3.14. The van der Waals surface area contributed by atoms with Crippen molar-refractivity contribution < 1.29 is 38.0 Å². The van der Waals surface area contributed by atoms with Crippen LogP contribution in [-0.2, 0) is 0 Å². The average molecular weight is 1770 g/mol. The van der Waals surface area contributed by atoms with Gasteiger partial charge in [-0.15, -0.1) is 0 Å². The number of rotatable bonds is 8. The molecule has 6 N–H and O–H groups in total. The molecular weight excluding hydrogens is 1740 g/mol. The van der Waals surface area contributed by atoms with Crippen LogP contribution in [-0.4, -0.2) is 50.1 Å². The minimum atomic E-state index is -0.179. The monoisotopic (exact) mass is 1770 g/mol. The van der Waals surface area contributed by atoms with Crippen molar-refractivity contribution >= 4 is 68.7 Å². The molecule has 0 aliphatic heterocycles. The molecule has 0 saturated carbocycles. The van der Waals surface area contributed by atoms with E-state index < -0.39 is 0 Å². The zero-order chi connectivity index (χ0) is 36.2. The van der Waals surface area contributed by atoms with Crippen molar-refractivity contribution in [1.29, 1.82) is 0 Å². The molecule has 0 radical (unpaired) electrons. The third-order valence-corrected chi connectivity index (χ3v) is 7.12. The predicted molar refractivity (Wildman–Crippen MR) is 187 cm³/mol. The van der Waals surface area contributed by atoms with Gasteiger partial charge < -0.3 is 58.6 Å². The van der Waals surface area contributed by atoms with E-state index in [9.17, 15) is 10.2 Å². The largest absolute Gasteiger partial charge is 0.665 e. The van der Waals surface area contributed by atoms with Crippen LogP contribution in [0.2, 0.25) is 0 Å². The molecule has 4 bridgehead atoms. The summed E-state index contributed by atoms with van der Waals surface area (Å²) >= 11 is 0. The van der Waals surface area contributed by atoms with E-state index in [0.717, 1.165) is 0 Å². The molecule has 4 aromatic carbocycles. The standard InChI is InChI=1S/C34H26N10O8.4Rf/c1-47-17-5-9-25(45)21(13-17)35-29-39-31-37-23-15-19(49-3)8-12-28(23)52-34-42-30(36-22-14-18(48-2)6-10-26(22)46)40-32(44-34)38-24-16-20(50-4)7-11-27(24)51-33(41-29)43-31;;;;/h5-16,45-46H,1-4H2,(H2,35,37,39,41,43)(H2,36,38,40,42,44);;;;/q-4;;;;. The number of H-pyrrole nitrogens is 2. The number of benzene rings is 4. The molecule has 0 atom stereocenters. The smallest absolute Gasteiger partial charge is 0.328 e. The van der Waals surface area contributed by atoms with E-state index in [1.54, 1.807) is 36.4 Å². The van der Waals surface area contributed by atoms with Crippen molar-refractivity contribution in [2.24, 2.45) is 0 Å². The van der Waals surface area contributed by atoms with Crippen LogP contribution in [0.1, 0.15) is 0 Å². The van der Waals surface area contributed by atoms with E-state index in [2.05, 4.69) is 78.9 Å². The van der Waals surface area contributed by atoms with E-state index in [0.29, 0.717) is 23.0 Å². The minimum absolute atomic E-state index is 0. The van der Waals surface area contributed by atoms with Crippen LogP contribution >= 0.6 is 0 Å². The maximum absolute atomic E-state index is 10.5. The van der Waals surface area contributed by atoms with Crippen LogP contribution in [0, 0.1) is 28.4 Å². The van der Waals surface area contributed by atoms with Crippen molar-refractivity contribution in [2.45, 2.75) is 0 Å². The molecule has 0 aliphatic rings. The summed E-state index contributed by atoms with van der Waals surface area (Å²) in [6.45, 7) is 0. The van der Waals surface area contributed by atoms with Crippen LogP contribution in [0.15, 0.2) is 81.6 Å². The number of nitrogens with zero attached hydrogens (tertiary/aromatic N) is 6. The molecule has 7 aromatic rings. The molecule has 0 amide bonds. The number of ether oxygens (including phenoxy) is 4. The normalized spacial score (nSPS) is 10.1. The van der Waals surface area contributed by atoms with Gasteiger partial charge in [0.15, 0.2) is 11.2 Å². The molecule has 7 rings (SSSR count). The van der Waals surface area contributed by atoms with Gasteiger partial charge in [-0.3, -0.25) is 0 Å². The first kappa shape index (κ1) is 38.9. The van der Waals surface area contributed by atoms with Crippen LogP contribution in [0.5, 0.6) is 34.5 Å². The molecule has 272 valence electrons. The van der Waals surface area contributed by atoms with Gasteiger partial charge in [0.1, 0.15) is 11.5 Å². The van der Waals surface area contributed by atoms with Gasteiger partial charge in [0.05, 0.1) is 45.4 Å². The van der Waals surface area contributed by atoms with Gasteiger partial charge >= 0.3 is 11.7 Å². The molecular formula is C34H26N10O8Rf4-4. The fourth-order valence-electron chi connectivity index (χ4n) is 4.69. The molecule has 22 heteroatoms. The van der Waals surface area contributed by atoms with Gasteiger partial charge in [-0.05, 0) is 48.5 Å². The van der Waals surface area contributed by atoms with Crippen molar-refractivity contribution in [1.82, 2.24) is 39.9 Å². The maximum atomic E-state index is 10.5. The summed E-state index contributed by atoms with van der Waals surface area (Å²) in [6.07, 6.45) is 0. The molecule has 56 heavy (non-hydrogen) atoms. The Kier molecular flexibility index (Phi) is 11.0. The number of nitrogens with one attached hydrogen (secondary N) is 4. The van der Waals surface area contributed by atoms with Crippen LogP contribution in [0.25, 0.3) is 45.4 Å². The van der Waals surface area contributed by atoms with Crippen LogP contribution < -0.4 is 29.6 Å². The van der Waals surface area contributed by atoms with Gasteiger partial charge in [-0.1, -0.05) is 0 Å². The van der Waals surface area contributed by atoms with E-state index in [1.165, 1.54) is 36.4 Å². The third-order valence-electron chi connectivity index (χ3n) is 7.12. The molecule has 0 saturated heterocycles. The molecule has 0 fully saturated rings. The Labute approximate surface area is 292 Å². The van der Waals surface area contributed by atoms with E-state index >= 15 is 0 Å². The Morgan fingerprint density at radius 2 is 0.839 bits per heavy atom. The fourth-order valence-corrected chi connectivity index (χ4v) is 4.69. The van der Waals surface area contributed by atoms with Crippen molar-refractivity contribution in [2.75, 3.05) is 10.6 Å². The number of phenolic OH excluding ortho intramolecular Hbond substituents is 2. The Morgan fingerprint density at radius 1 is 0.482 bits per heavy atom. The Bertz CT molecular complexity index is 2440. The maximum Gasteiger partial charge on any atom is 0.328 e. The second-order valence-electron chi connectivity index (χ2n) is 10.5. The van der Waals surface area contributed by atoms with Gasteiger partial charge in [0.25, 0.3) is 0 Å². The quantitative estimate of drug-likeness (QED) is 0.0670. The van der Waals surface area contributed by atoms with E-state index in [-0.39, 0.29) is 80.2 Å². The first-order valence-electron chi connectivity index (χ1n) is 14.9. The predicted octanol–water partition coefficient (Wildman–Crippen LogP) is 6.90. The van der Waals surface area contributed by atoms with Crippen molar-refractivity contribution in [3.8, 4) is 34.5 Å². The molecule has 3 aromatic heterocycles. The van der Waals surface area contributed by atoms with Crippen LogP contribution in [0.3, 0.4) is 0 Å². The second kappa shape index (κ2) is 15.8. The number of anilines is 4. The summed E-state index contributed by atoms with van der Waals surface area (Å²) in [4.78, 5) is 32.9. The summed E-state index contributed by atoms with van der Waals surface area (Å²) in [7, 11) is 13.8. The van der Waals surface area contributed by atoms with Gasteiger partial charge in [-0.2, -0.15) is 58.3 Å². The number of aromatic hydroxyl groups is 2. The Balaban J connectivity index is 0.00000210. The first-order chi connectivity index (χ1) is 25.3. The van der Waals surface area contributed by atoms with E-state index in [4.69, 9.17) is 27.8 Å². The number of hydrogen-bond donors (Lipinski definition) is 6. The number of aromatic nitrogens is 8. The van der Waals surface area contributed by atoms with Gasteiger partial charge in [0, 0.05) is 24.3 Å². The van der Waals surface area contributed by atoms with Crippen LogP contribution in [0.4, 0.5) is 23.3 Å². The van der Waals surface area contributed by atoms with Gasteiger partial charge in [0.2, 0.25) is 23.5 Å². The molecule has 0 aliphatic carbocycles.